The fourth-order valence-electron chi connectivity index (χ4n) is 2.90. The smallest absolute Gasteiger partial charge is 0.415 e. The van der Waals surface area contributed by atoms with Crippen molar-refractivity contribution in [1.82, 2.24) is 4.90 Å². The fourth-order valence-corrected chi connectivity index (χ4v) is 2.90. The summed E-state index contributed by atoms with van der Waals surface area (Å²) in [5, 5.41) is 0. The van der Waals surface area contributed by atoms with E-state index in [1.807, 2.05) is 77.2 Å². The third-order valence-corrected chi connectivity index (χ3v) is 4.77. The average molecular weight is 410 g/mol. The van der Waals surface area contributed by atoms with Crippen molar-refractivity contribution in [3.05, 3.63) is 58.7 Å². The summed E-state index contributed by atoms with van der Waals surface area (Å²) in [7, 11) is 1.99. The van der Waals surface area contributed by atoms with E-state index in [2.05, 4.69) is 31.0 Å². The zero-order valence-corrected chi connectivity index (χ0v) is 19.6. The van der Waals surface area contributed by atoms with E-state index >= 15 is 0 Å². The number of ether oxygens (including phenoxy) is 1. The minimum absolute atomic E-state index is 0.354. The van der Waals surface area contributed by atoms with Gasteiger partial charge in [-0.2, -0.15) is 0 Å². The Bertz CT molecular complexity index is 896. The van der Waals surface area contributed by atoms with Gasteiger partial charge in [0.05, 0.1) is 24.3 Å². The molecule has 0 heterocycles. The molecule has 0 N–H and O–H groups in total. The second-order valence-electron chi connectivity index (χ2n) is 8.80. The van der Waals surface area contributed by atoms with Gasteiger partial charge >= 0.3 is 6.09 Å². The number of hydrogen-bond acceptors (Lipinski definition) is 3. The molecule has 162 valence electrons. The number of carbonyl (C=O) groups excluding carboxylic acids is 1. The van der Waals surface area contributed by atoms with Gasteiger partial charge in [-0.05, 0) is 77.3 Å². The van der Waals surface area contributed by atoms with Crippen LogP contribution in [0.15, 0.2) is 41.4 Å². The number of hydrogen-bond donors (Lipinski definition) is 0. The molecule has 2 rings (SSSR count). The van der Waals surface area contributed by atoms with Crippen LogP contribution in [-0.2, 0) is 11.3 Å². The van der Waals surface area contributed by atoms with Gasteiger partial charge in [-0.15, -0.1) is 0 Å². The van der Waals surface area contributed by atoms with E-state index in [4.69, 9.17) is 4.74 Å². The van der Waals surface area contributed by atoms with Crippen LogP contribution in [0.1, 0.15) is 49.9 Å². The van der Waals surface area contributed by atoms with Gasteiger partial charge < -0.3 is 9.64 Å². The highest BCUT2D eigenvalue weighted by atomic mass is 16.6. The molecule has 0 saturated carbocycles. The Morgan fingerprint density at radius 3 is 2.27 bits per heavy atom. The number of aryl methyl sites for hydroxylation is 3. The zero-order chi connectivity index (χ0) is 22.5. The predicted octanol–water partition coefficient (Wildman–Crippen LogP) is 6.17. The standard InChI is InChI=1S/C25H35N3O2/c1-9-27(8)17-26-22-14-20(4)23(15-19(22)3)28(24(29)30-25(5,6)7)16-21-12-10-18(2)11-13-21/h10-15,17H,9,16H2,1-8H3. The van der Waals surface area contributed by atoms with Crippen molar-refractivity contribution in [2.75, 3.05) is 18.5 Å². The van der Waals surface area contributed by atoms with Crippen molar-refractivity contribution in [3.8, 4) is 0 Å². The van der Waals surface area contributed by atoms with Crippen LogP contribution in [0.2, 0.25) is 0 Å². The molecule has 0 fully saturated rings. The Morgan fingerprint density at radius 1 is 1.07 bits per heavy atom. The molecule has 2 aromatic carbocycles. The van der Waals surface area contributed by atoms with Crippen LogP contribution in [0, 0.1) is 20.8 Å². The molecule has 0 aromatic heterocycles. The van der Waals surface area contributed by atoms with Crippen molar-refractivity contribution in [2.24, 2.45) is 4.99 Å². The van der Waals surface area contributed by atoms with Crippen LogP contribution in [-0.4, -0.2) is 36.5 Å². The Labute approximate surface area is 181 Å². The summed E-state index contributed by atoms with van der Waals surface area (Å²) in [6, 6.07) is 12.3. The summed E-state index contributed by atoms with van der Waals surface area (Å²) >= 11 is 0. The van der Waals surface area contributed by atoms with Crippen LogP contribution in [0.5, 0.6) is 0 Å². The Balaban J connectivity index is 2.43. The highest BCUT2D eigenvalue weighted by Gasteiger charge is 2.25. The molecule has 0 radical (unpaired) electrons. The zero-order valence-electron chi connectivity index (χ0n) is 19.6. The molecule has 0 aliphatic rings. The van der Waals surface area contributed by atoms with Gasteiger partial charge in [0.25, 0.3) is 0 Å². The van der Waals surface area contributed by atoms with Crippen molar-refractivity contribution in [2.45, 2.75) is 60.6 Å². The lowest BCUT2D eigenvalue weighted by atomic mass is 10.1. The molecule has 0 spiro atoms. The molecule has 5 heteroatoms. The molecule has 2 aromatic rings. The number of nitrogens with zero attached hydrogens (tertiary/aromatic N) is 3. The number of anilines is 1. The first-order valence-electron chi connectivity index (χ1n) is 10.4. The maximum atomic E-state index is 13.1. The minimum atomic E-state index is -0.569. The number of carbonyl (C=O) groups is 1. The fraction of sp³-hybridized carbons (Fsp3) is 0.440. The van der Waals surface area contributed by atoms with Gasteiger partial charge in [-0.25, -0.2) is 9.79 Å². The third kappa shape index (κ3) is 6.61. The van der Waals surface area contributed by atoms with E-state index in [0.29, 0.717) is 6.54 Å². The van der Waals surface area contributed by atoms with Crippen LogP contribution in [0.3, 0.4) is 0 Å². The van der Waals surface area contributed by atoms with E-state index in [9.17, 15) is 4.79 Å². The molecule has 5 nitrogen and oxygen atoms in total. The number of aliphatic imine (C=N–C) groups is 1. The Hall–Kier alpha value is -2.82. The Kier molecular flexibility index (Phi) is 7.65. The molecule has 0 aliphatic heterocycles. The predicted molar refractivity (Wildman–Crippen MR) is 126 cm³/mol. The van der Waals surface area contributed by atoms with Crippen LogP contribution < -0.4 is 4.90 Å². The first-order valence-corrected chi connectivity index (χ1v) is 10.4. The van der Waals surface area contributed by atoms with E-state index in [0.717, 1.165) is 34.6 Å². The second kappa shape index (κ2) is 9.79. The van der Waals surface area contributed by atoms with Crippen molar-refractivity contribution in [3.63, 3.8) is 0 Å². The van der Waals surface area contributed by atoms with E-state index in [1.54, 1.807) is 4.90 Å². The summed E-state index contributed by atoms with van der Waals surface area (Å²) < 4.78 is 5.72. The van der Waals surface area contributed by atoms with E-state index in [-0.39, 0.29) is 6.09 Å². The highest BCUT2D eigenvalue weighted by Crippen LogP contribution is 2.31. The van der Waals surface area contributed by atoms with Crippen LogP contribution in [0.4, 0.5) is 16.2 Å². The lowest BCUT2D eigenvalue weighted by Crippen LogP contribution is -2.37. The Morgan fingerprint density at radius 2 is 1.70 bits per heavy atom. The summed E-state index contributed by atoms with van der Waals surface area (Å²) in [4.78, 5) is 21.4. The minimum Gasteiger partial charge on any atom is -0.443 e. The molecule has 0 aliphatic carbocycles. The number of amides is 1. The SMILES string of the molecule is CCN(C)C=Nc1cc(C)c(N(Cc2ccc(C)cc2)C(=O)OC(C)(C)C)cc1C. The maximum Gasteiger partial charge on any atom is 0.415 e. The van der Waals surface area contributed by atoms with Gasteiger partial charge in [0.1, 0.15) is 5.60 Å². The van der Waals surface area contributed by atoms with Gasteiger partial charge in [0, 0.05) is 13.6 Å². The van der Waals surface area contributed by atoms with Crippen LogP contribution in [0.25, 0.3) is 0 Å². The quantitative estimate of drug-likeness (QED) is 0.424. The summed E-state index contributed by atoms with van der Waals surface area (Å²) in [6.07, 6.45) is 1.48. The first kappa shape index (κ1) is 23.5. The van der Waals surface area contributed by atoms with Gasteiger partial charge in [-0.3, -0.25) is 4.90 Å². The maximum absolute atomic E-state index is 13.1. The lowest BCUT2D eigenvalue weighted by Gasteiger charge is -2.29. The number of rotatable bonds is 6. The number of benzene rings is 2. The van der Waals surface area contributed by atoms with Gasteiger partial charge in [0.2, 0.25) is 0 Å². The van der Waals surface area contributed by atoms with Crippen molar-refractivity contribution in [1.29, 1.82) is 0 Å². The summed E-state index contributed by atoms with van der Waals surface area (Å²) in [6.45, 7) is 15.1. The largest absolute Gasteiger partial charge is 0.443 e. The topological polar surface area (TPSA) is 45.1 Å². The summed E-state index contributed by atoms with van der Waals surface area (Å²) in [5.74, 6) is 0. The average Bonchev–Trinajstić information content (AvgIpc) is 2.66. The van der Waals surface area contributed by atoms with Crippen LogP contribution >= 0.6 is 0 Å². The molecule has 0 bridgehead atoms. The van der Waals surface area contributed by atoms with Gasteiger partial charge in [0.15, 0.2) is 0 Å². The first-order chi connectivity index (χ1) is 14.0. The van der Waals surface area contributed by atoms with Gasteiger partial charge in [-0.1, -0.05) is 29.8 Å². The lowest BCUT2D eigenvalue weighted by molar-refractivity contribution is 0.0577. The molecular weight excluding hydrogens is 374 g/mol. The van der Waals surface area contributed by atoms with Crippen molar-refractivity contribution < 1.29 is 9.53 Å². The van der Waals surface area contributed by atoms with E-state index < -0.39 is 5.60 Å². The molecule has 0 saturated heterocycles. The normalized spacial score (nSPS) is 11.6. The third-order valence-electron chi connectivity index (χ3n) is 4.77. The molecule has 0 atom stereocenters. The molecule has 1 amide bonds. The van der Waals surface area contributed by atoms with Crippen molar-refractivity contribution >= 4 is 23.8 Å². The molecule has 0 unspecified atom stereocenters. The molecular formula is C25H35N3O2. The highest BCUT2D eigenvalue weighted by molar-refractivity contribution is 5.89. The monoisotopic (exact) mass is 409 g/mol. The van der Waals surface area contributed by atoms with E-state index in [1.165, 1.54) is 5.56 Å². The molecule has 30 heavy (non-hydrogen) atoms. The second-order valence-corrected chi connectivity index (χ2v) is 8.80. The summed E-state index contributed by atoms with van der Waals surface area (Å²) in [5.41, 5.74) is 5.39.